The van der Waals surface area contributed by atoms with E-state index in [1.165, 1.54) is 22.9 Å². The van der Waals surface area contributed by atoms with E-state index in [2.05, 4.69) is 59.7 Å². The van der Waals surface area contributed by atoms with Crippen molar-refractivity contribution in [3.63, 3.8) is 0 Å². The molecule has 11 heteroatoms. The van der Waals surface area contributed by atoms with Gasteiger partial charge in [0.2, 0.25) is 5.95 Å². The van der Waals surface area contributed by atoms with Crippen LogP contribution in [0.25, 0.3) is 0 Å². The van der Waals surface area contributed by atoms with E-state index in [4.69, 9.17) is 21.9 Å². The molecule has 1 fully saturated rings. The Bertz CT molecular complexity index is 1140. The molecule has 9 nitrogen and oxygen atoms in total. The smallest absolute Gasteiger partial charge is 0.232 e. The molecule has 5 rings (SSSR count). The summed E-state index contributed by atoms with van der Waals surface area (Å²) in [4.78, 5) is 22.8. The number of anilines is 2. The number of morpholine rings is 1. The van der Waals surface area contributed by atoms with Crippen LogP contribution in [0.2, 0.25) is 0 Å². The van der Waals surface area contributed by atoms with Gasteiger partial charge in [-0.1, -0.05) is 24.3 Å². The SMILES string of the molecule is S=C(NCCN1CCOCC1)Nc1nc(Sc2ncccn2)cc(N2CCc3ccccc3C2)n1. The van der Waals surface area contributed by atoms with Crippen molar-refractivity contribution in [3.8, 4) is 0 Å². The lowest BCUT2D eigenvalue weighted by Crippen LogP contribution is -2.42. The zero-order valence-electron chi connectivity index (χ0n) is 19.4. The third kappa shape index (κ3) is 6.63. The van der Waals surface area contributed by atoms with E-state index in [0.29, 0.717) is 16.2 Å². The predicted octanol–water partition coefficient (Wildman–Crippen LogP) is 2.60. The Morgan fingerprint density at radius 3 is 2.66 bits per heavy atom. The Balaban J connectivity index is 1.29. The summed E-state index contributed by atoms with van der Waals surface area (Å²) < 4.78 is 5.41. The first kappa shape index (κ1) is 23.9. The maximum Gasteiger partial charge on any atom is 0.232 e. The standard InChI is InChI=1S/C24H28N8OS2/c34-23(25-9-11-31-12-14-33-15-13-31)30-22-28-20(16-21(29-22)35-24-26-7-3-8-27-24)32-10-6-18-4-1-2-5-19(18)17-32/h1-5,7-8,16H,6,9-15,17H2,(H2,25,28,29,30,34). The van der Waals surface area contributed by atoms with Gasteiger partial charge in [0.15, 0.2) is 10.3 Å². The fourth-order valence-electron chi connectivity index (χ4n) is 4.10. The van der Waals surface area contributed by atoms with Crippen LogP contribution in [0.5, 0.6) is 0 Å². The van der Waals surface area contributed by atoms with Crippen molar-refractivity contribution in [1.82, 2.24) is 30.2 Å². The van der Waals surface area contributed by atoms with Crippen LogP contribution < -0.4 is 15.5 Å². The number of hydrogen-bond acceptors (Lipinski definition) is 9. The van der Waals surface area contributed by atoms with E-state index in [-0.39, 0.29) is 0 Å². The summed E-state index contributed by atoms with van der Waals surface area (Å²) in [5.74, 6) is 1.32. The Hall–Kier alpha value is -2.86. The summed E-state index contributed by atoms with van der Waals surface area (Å²) in [5, 5.41) is 8.36. The van der Waals surface area contributed by atoms with Gasteiger partial charge in [0.1, 0.15) is 10.8 Å². The zero-order valence-corrected chi connectivity index (χ0v) is 21.0. The summed E-state index contributed by atoms with van der Waals surface area (Å²) in [6.07, 6.45) is 4.44. The van der Waals surface area contributed by atoms with Crippen LogP contribution in [0.1, 0.15) is 11.1 Å². The zero-order chi connectivity index (χ0) is 23.9. The van der Waals surface area contributed by atoms with Crippen LogP contribution in [0.3, 0.4) is 0 Å². The predicted molar refractivity (Wildman–Crippen MR) is 141 cm³/mol. The molecule has 35 heavy (non-hydrogen) atoms. The third-order valence-corrected chi connectivity index (χ3v) is 6.98. The number of hydrogen-bond donors (Lipinski definition) is 2. The Morgan fingerprint density at radius 2 is 1.83 bits per heavy atom. The van der Waals surface area contributed by atoms with Crippen molar-refractivity contribution in [2.45, 2.75) is 23.1 Å². The topological polar surface area (TPSA) is 91.3 Å². The quantitative estimate of drug-likeness (QED) is 0.280. The lowest BCUT2D eigenvalue weighted by Gasteiger charge is -2.30. The first-order chi connectivity index (χ1) is 17.2. The van der Waals surface area contributed by atoms with Crippen molar-refractivity contribution >= 4 is 40.9 Å². The number of benzene rings is 1. The van der Waals surface area contributed by atoms with Crippen LogP contribution in [-0.2, 0) is 17.7 Å². The molecule has 0 unspecified atom stereocenters. The minimum absolute atomic E-state index is 0.462. The molecular formula is C24H28N8OS2. The van der Waals surface area contributed by atoms with E-state index >= 15 is 0 Å². The molecule has 2 N–H and O–H groups in total. The minimum atomic E-state index is 0.462. The van der Waals surface area contributed by atoms with Gasteiger partial charge in [-0.05, 0) is 47.6 Å². The maximum absolute atomic E-state index is 5.54. The molecule has 1 saturated heterocycles. The van der Waals surface area contributed by atoms with Crippen molar-refractivity contribution < 1.29 is 4.74 Å². The first-order valence-corrected chi connectivity index (χ1v) is 13.0. The molecule has 2 aliphatic rings. The molecule has 0 saturated carbocycles. The monoisotopic (exact) mass is 508 g/mol. The number of rotatable bonds is 7. The van der Waals surface area contributed by atoms with E-state index in [0.717, 1.165) is 69.7 Å². The highest BCUT2D eigenvalue weighted by atomic mass is 32.2. The number of nitrogens with zero attached hydrogens (tertiary/aromatic N) is 6. The molecule has 0 spiro atoms. The average molecular weight is 509 g/mol. The largest absolute Gasteiger partial charge is 0.379 e. The first-order valence-electron chi connectivity index (χ1n) is 11.7. The second-order valence-corrected chi connectivity index (χ2v) is 9.69. The number of aromatic nitrogens is 4. The molecule has 2 aliphatic heterocycles. The van der Waals surface area contributed by atoms with E-state index in [9.17, 15) is 0 Å². The molecule has 0 bridgehead atoms. The number of thiocarbonyl (C=S) groups is 1. The number of nitrogens with one attached hydrogen (secondary N) is 2. The van der Waals surface area contributed by atoms with Crippen LogP contribution in [0.15, 0.2) is 59.0 Å². The fourth-order valence-corrected chi connectivity index (χ4v) is 5.01. The summed E-state index contributed by atoms with van der Waals surface area (Å²) >= 11 is 6.94. The number of ether oxygens (including phenoxy) is 1. The van der Waals surface area contributed by atoms with Crippen LogP contribution >= 0.6 is 24.0 Å². The van der Waals surface area contributed by atoms with Gasteiger partial charge in [-0.3, -0.25) is 4.90 Å². The van der Waals surface area contributed by atoms with Crippen molar-refractivity contribution in [3.05, 3.63) is 59.9 Å². The summed E-state index contributed by atoms with van der Waals surface area (Å²) in [6.45, 7) is 6.83. The van der Waals surface area contributed by atoms with E-state index < -0.39 is 0 Å². The second-order valence-electron chi connectivity index (χ2n) is 8.30. The van der Waals surface area contributed by atoms with Gasteiger partial charge >= 0.3 is 0 Å². The molecule has 4 heterocycles. The Kier molecular flexibility index (Phi) is 7.99. The molecule has 0 aliphatic carbocycles. The highest BCUT2D eigenvalue weighted by molar-refractivity contribution is 7.99. The molecular weight excluding hydrogens is 480 g/mol. The average Bonchev–Trinajstić information content (AvgIpc) is 2.89. The van der Waals surface area contributed by atoms with Gasteiger partial charge in [-0.25, -0.2) is 15.0 Å². The van der Waals surface area contributed by atoms with Crippen molar-refractivity contribution in [1.29, 1.82) is 0 Å². The molecule has 1 aromatic carbocycles. The van der Waals surface area contributed by atoms with Crippen molar-refractivity contribution in [2.24, 2.45) is 0 Å². The maximum atomic E-state index is 5.54. The summed E-state index contributed by atoms with van der Waals surface area (Å²) in [7, 11) is 0. The highest BCUT2D eigenvalue weighted by Crippen LogP contribution is 2.29. The van der Waals surface area contributed by atoms with Crippen molar-refractivity contribution in [2.75, 3.05) is 56.2 Å². The fraction of sp³-hybridized carbons (Fsp3) is 0.375. The lowest BCUT2D eigenvalue weighted by atomic mass is 10.00. The van der Waals surface area contributed by atoms with Crippen LogP contribution in [-0.4, -0.2) is 75.9 Å². The van der Waals surface area contributed by atoms with E-state index in [1.54, 1.807) is 18.5 Å². The van der Waals surface area contributed by atoms with Crippen LogP contribution in [0, 0.1) is 0 Å². The second kappa shape index (κ2) is 11.7. The molecule has 0 amide bonds. The summed E-state index contributed by atoms with van der Waals surface area (Å²) in [5.41, 5.74) is 2.72. The third-order valence-electron chi connectivity index (χ3n) is 5.92. The van der Waals surface area contributed by atoms with Gasteiger partial charge in [0, 0.05) is 57.7 Å². The number of fused-ring (bicyclic) bond motifs is 1. The molecule has 2 aromatic heterocycles. The van der Waals surface area contributed by atoms with Gasteiger partial charge in [-0.15, -0.1) is 0 Å². The Labute approximate surface area is 214 Å². The molecule has 0 atom stereocenters. The molecule has 182 valence electrons. The van der Waals surface area contributed by atoms with E-state index in [1.807, 2.05) is 6.07 Å². The van der Waals surface area contributed by atoms with Gasteiger partial charge in [-0.2, -0.15) is 4.98 Å². The Morgan fingerprint density at radius 1 is 1.03 bits per heavy atom. The molecule has 3 aromatic rings. The summed E-state index contributed by atoms with van der Waals surface area (Å²) in [6, 6.07) is 12.4. The van der Waals surface area contributed by atoms with Gasteiger partial charge in [0.05, 0.1) is 13.2 Å². The lowest BCUT2D eigenvalue weighted by molar-refractivity contribution is 0.0389. The normalized spacial score (nSPS) is 15.9. The van der Waals surface area contributed by atoms with Gasteiger partial charge in [0.25, 0.3) is 0 Å². The van der Waals surface area contributed by atoms with Gasteiger partial charge < -0.3 is 20.3 Å². The minimum Gasteiger partial charge on any atom is -0.379 e. The van der Waals surface area contributed by atoms with Crippen LogP contribution in [0.4, 0.5) is 11.8 Å². The highest BCUT2D eigenvalue weighted by Gasteiger charge is 2.19. The molecule has 0 radical (unpaired) electrons.